The molecule has 0 unspecified atom stereocenters. The summed E-state index contributed by atoms with van der Waals surface area (Å²) in [6.45, 7) is 2.56. The minimum atomic E-state index is -3.73. The van der Waals surface area contributed by atoms with Crippen molar-refractivity contribution >= 4 is 21.7 Å². The van der Waals surface area contributed by atoms with Crippen LogP contribution in [0.2, 0.25) is 0 Å². The number of nitrogens with zero attached hydrogens (tertiary/aromatic N) is 1. The number of fused-ring (bicyclic) bond motifs is 1. The van der Waals surface area contributed by atoms with Crippen molar-refractivity contribution in [1.29, 1.82) is 0 Å². The van der Waals surface area contributed by atoms with Crippen molar-refractivity contribution in [2.45, 2.75) is 24.7 Å². The average molecular weight is 271 g/mol. The molecular weight excluding hydrogens is 257 g/mol. The highest BCUT2D eigenvalue weighted by molar-refractivity contribution is 7.90. The number of nitrogens with one attached hydrogen (secondary N) is 2. The van der Waals surface area contributed by atoms with Crippen LogP contribution in [0.4, 0.5) is 10.1 Å². The summed E-state index contributed by atoms with van der Waals surface area (Å²) >= 11 is 0. The fraction of sp³-hybridized carbons (Fsp3) is 0.364. The standard InChI is InChI=1S/C11H14FN3O2S/c1-2-3-6-13-11-14-9-5-4-8(12)7-10(9)18(16,17)15-11/h4-5,7H,2-3,6H2,1H3,(H2,13,14,15). The second-order valence-corrected chi connectivity index (χ2v) is 5.61. The van der Waals surface area contributed by atoms with Crippen LogP contribution in [0.3, 0.4) is 0 Å². The van der Waals surface area contributed by atoms with Crippen molar-refractivity contribution < 1.29 is 12.8 Å². The van der Waals surface area contributed by atoms with E-state index in [2.05, 4.69) is 15.0 Å². The van der Waals surface area contributed by atoms with Crippen molar-refractivity contribution in [3.63, 3.8) is 0 Å². The number of guanidine groups is 1. The summed E-state index contributed by atoms with van der Waals surface area (Å²) in [7, 11) is -3.73. The molecule has 0 saturated heterocycles. The predicted octanol–water partition coefficient (Wildman–Crippen LogP) is 1.69. The molecule has 0 aliphatic carbocycles. The molecular formula is C11H14FN3O2S. The summed E-state index contributed by atoms with van der Waals surface area (Å²) < 4.78 is 39.1. The van der Waals surface area contributed by atoms with Gasteiger partial charge in [-0.3, -0.25) is 4.99 Å². The lowest BCUT2D eigenvalue weighted by Gasteiger charge is -2.21. The second-order valence-electron chi connectivity index (χ2n) is 3.95. The van der Waals surface area contributed by atoms with E-state index in [9.17, 15) is 12.8 Å². The average Bonchev–Trinajstić information content (AvgIpc) is 2.30. The minimum Gasteiger partial charge on any atom is -0.324 e. The van der Waals surface area contributed by atoms with E-state index in [1.807, 2.05) is 6.92 Å². The van der Waals surface area contributed by atoms with Crippen LogP contribution in [-0.2, 0) is 10.0 Å². The van der Waals surface area contributed by atoms with Gasteiger partial charge in [-0.05, 0) is 24.6 Å². The van der Waals surface area contributed by atoms with E-state index < -0.39 is 15.8 Å². The van der Waals surface area contributed by atoms with Crippen molar-refractivity contribution in [2.24, 2.45) is 4.99 Å². The summed E-state index contributed by atoms with van der Waals surface area (Å²) in [5.41, 5.74) is 0.338. The number of anilines is 1. The molecule has 98 valence electrons. The molecule has 1 aromatic rings. The Morgan fingerprint density at radius 3 is 2.89 bits per heavy atom. The molecule has 0 saturated carbocycles. The Balaban J connectivity index is 2.33. The van der Waals surface area contributed by atoms with Crippen LogP contribution >= 0.6 is 0 Å². The Kier molecular flexibility index (Phi) is 3.51. The van der Waals surface area contributed by atoms with E-state index in [1.54, 1.807) is 0 Å². The molecule has 0 fully saturated rings. The molecule has 18 heavy (non-hydrogen) atoms. The summed E-state index contributed by atoms with van der Waals surface area (Å²) in [5, 5.41) is 2.83. The summed E-state index contributed by atoms with van der Waals surface area (Å²) in [6, 6.07) is 3.57. The van der Waals surface area contributed by atoms with Gasteiger partial charge in [0, 0.05) is 6.54 Å². The first-order valence-electron chi connectivity index (χ1n) is 5.67. The molecule has 2 rings (SSSR count). The van der Waals surface area contributed by atoms with Gasteiger partial charge in [-0.25, -0.2) is 17.5 Å². The van der Waals surface area contributed by atoms with E-state index in [-0.39, 0.29) is 10.9 Å². The minimum absolute atomic E-state index is 0.100. The third-order valence-corrected chi connectivity index (χ3v) is 3.88. The van der Waals surface area contributed by atoms with Crippen LogP contribution in [0.15, 0.2) is 28.1 Å². The van der Waals surface area contributed by atoms with Gasteiger partial charge in [0.2, 0.25) is 5.96 Å². The Labute approximate surface area is 105 Å². The maximum absolute atomic E-state index is 13.0. The van der Waals surface area contributed by atoms with Gasteiger partial charge < -0.3 is 5.32 Å². The zero-order valence-electron chi connectivity index (χ0n) is 9.90. The van der Waals surface area contributed by atoms with Crippen molar-refractivity contribution in [2.75, 3.05) is 11.9 Å². The van der Waals surface area contributed by atoms with Gasteiger partial charge in [0.25, 0.3) is 10.0 Å². The number of rotatable bonds is 3. The molecule has 0 atom stereocenters. The number of halogens is 1. The molecule has 1 heterocycles. The van der Waals surface area contributed by atoms with Crippen molar-refractivity contribution in [3.05, 3.63) is 24.0 Å². The van der Waals surface area contributed by atoms with Crippen LogP contribution in [0.1, 0.15) is 19.8 Å². The zero-order valence-corrected chi connectivity index (χ0v) is 10.7. The highest BCUT2D eigenvalue weighted by Gasteiger charge is 2.26. The van der Waals surface area contributed by atoms with Crippen LogP contribution in [-0.4, -0.2) is 20.9 Å². The number of sulfonamides is 1. The second kappa shape index (κ2) is 4.93. The van der Waals surface area contributed by atoms with Crippen LogP contribution < -0.4 is 10.0 Å². The van der Waals surface area contributed by atoms with Gasteiger partial charge >= 0.3 is 0 Å². The molecule has 0 amide bonds. The number of aliphatic imine (C=N–C) groups is 1. The predicted molar refractivity (Wildman–Crippen MR) is 67.6 cm³/mol. The van der Waals surface area contributed by atoms with E-state index in [4.69, 9.17) is 0 Å². The molecule has 5 nitrogen and oxygen atoms in total. The Morgan fingerprint density at radius 2 is 2.17 bits per heavy atom. The summed E-state index contributed by atoms with van der Waals surface area (Å²) in [4.78, 5) is 4.01. The fourth-order valence-electron chi connectivity index (χ4n) is 1.58. The maximum atomic E-state index is 13.0. The quantitative estimate of drug-likeness (QED) is 0.822. The molecule has 1 aliphatic heterocycles. The molecule has 0 spiro atoms. The molecule has 0 bridgehead atoms. The Morgan fingerprint density at radius 1 is 1.39 bits per heavy atom. The smallest absolute Gasteiger partial charge is 0.266 e. The maximum Gasteiger partial charge on any atom is 0.266 e. The number of hydrogen-bond donors (Lipinski definition) is 2. The third kappa shape index (κ3) is 2.61. The van der Waals surface area contributed by atoms with Gasteiger partial charge in [0.05, 0.1) is 5.69 Å². The summed E-state index contributed by atoms with van der Waals surface area (Å²) in [5.74, 6) is -0.408. The fourth-order valence-corrected chi connectivity index (χ4v) is 2.73. The Bertz CT molecular complexity index is 584. The van der Waals surface area contributed by atoms with Crippen LogP contribution in [0.5, 0.6) is 0 Å². The lowest BCUT2D eigenvalue weighted by atomic mass is 10.3. The van der Waals surface area contributed by atoms with Gasteiger partial charge in [0.15, 0.2) is 0 Å². The SMILES string of the molecule is CCCCN=C1Nc2ccc(F)cc2S(=O)(=O)N1. The third-order valence-electron chi connectivity index (χ3n) is 2.50. The molecule has 1 aliphatic rings. The first kappa shape index (κ1) is 12.8. The normalized spacial score (nSPS) is 18.9. The van der Waals surface area contributed by atoms with Gasteiger partial charge in [-0.1, -0.05) is 13.3 Å². The van der Waals surface area contributed by atoms with Gasteiger partial charge in [-0.2, -0.15) is 0 Å². The van der Waals surface area contributed by atoms with Crippen LogP contribution in [0, 0.1) is 5.82 Å². The van der Waals surface area contributed by atoms with E-state index >= 15 is 0 Å². The highest BCUT2D eigenvalue weighted by Crippen LogP contribution is 2.25. The lowest BCUT2D eigenvalue weighted by molar-refractivity contribution is 0.586. The largest absolute Gasteiger partial charge is 0.324 e. The number of hydrogen-bond acceptors (Lipinski definition) is 3. The molecule has 0 radical (unpaired) electrons. The monoisotopic (exact) mass is 271 g/mol. The molecule has 0 aromatic heterocycles. The van der Waals surface area contributed by atoms with Crippen molar-refractivity contribution in [3.8, 4) is 0 Å². The zero-order chi connectivity index (χ0) is 13.2. The number of unbranched alkanes of at least 4 members (excludes halogenated alkanes) is 1. The molecule has 1 aromatic carbocycles. The lowest BCUT2D eigenvalue weighted by Crippen LogP contribution is -2.40. The first-order valence-corrected chi connectivity index (χ1v) is 7.15. The van der Waals surface area contributed by atoms with Crippen molar-refractivity contribution in [1.82, 2.24) is 4.72 Å². The molecule has 2 N–H and O–H groups in total. The highest BCUT2D eigenvalue weighted by atomic mass is 32.2. The van der Waals surface area contributed by atoms with E-state index in [0.29, 0.717) is 12.2 Å². The van der Waals surface area contributed by atoms with E-state index in [0.717, 1.165) is 18.9 Å². The first-order chi connectivity index (χ1) is 8.53. The van der Waals surface area contributed by atoms with Crippen LogP contribution in [0.25, 0.3) is 0 Å². The topological polar surface area (TPSA) is 70.6 Å². The van der Waals surface area contributed by atoms with E-state index in [1.165, 1.54) is 12.1 Å². The van der Waals surface area contributed by atoms with Gasteiger partial charge in [0.1, 0.15) is 10.7 Å². The number of benzene rings is 1. The summed E-state index contributed by atoms with van der Waals surface area (Å²) in [6.07, 6.45) is 1.86. The van der Waals surface area contributed by atoms with Gasteiger partial charge in [-0.15, -0.1) is 0 Å². The Hall–Kier alpha value is -1.63. The molecule has 7 heteroatoms.